The molecule has 0 aromatic heterocycles. The second-order valence-corrected chi connectivity index (χ2v) is 11.2. The minimum atomic E-state index is -3.47. The van der Waals surface area contributed by atoms with Gasteiger partial charge in [-0.2, -0.15) is 4.31 Å². The number of nitrogens with zero attached hydrogens (tertiary/aromatic N) is 2. The SMILES string of the molecule is Cc1cc(S(=O)(=O)N2C[C@@H]3C[C@]3(C)C2)c(C)cc1-c1ccc2c(c1)CN(C)C2=O. The predicted octanol–water partition coefficient (Wildman–Crippen LogP) is 3.59. The molecule has 29 heavy (non-hydrogen) atoms. The summed E-state index contributed by atoms with van der Waals surface area (Å²) in [6.07, 6.45) is 1.14. The van der Waals surface area contributed by atoms with E-state index in [1.807, 2.05) is 38.1 Å². The van der Waals surface area contributed by atoms with Gasteiger partial charge in [0.05, 0.1) is 4.90 Å². The van der Waals surface area contributed by atoms with Gasteiger partial charge in [-0.15, -0.1) is 0 Å². The molecule has 1 aliphatic carbocycles. The molecule has 5 rings (SSSR count). The standard InChI is InChI=1S/C23H26N2O3S/c1-14-8-21(29(27,28)25-12-18-10-23(18,3)13-25)15(2)7-20(14)16-5-6-19-17(9-16)11-24(4)22(19)26/h5-9,18H,10-13H2,1-4H3/t18-,23+/m0/s1. The number of hydrogen-bond donors (Lipinski definition) is 0. The first kappa shape index (κ1) is 18.8. The van der Waals surface area contributed by atoms with Crippen molar-refractivity contribution in [2.75, 3.05) is 20.1 Å². The van der Waals surface area contributed by atoms with Crippen molar-refractivity contribution in [2.24, 2.45) is 11.3 Å². The Kier molecular flexibility index (Phi) is 3.84. The van der Waals surface area contributed by atoms with Crippen molar-refractivity contribution in [3.63, 3.8) is 0 Å². The van der Waals surface area contributed by atoms with Gasteiger partial charge in [0.1, 0.15) is 0 Å². The van der Waals surface area contributed by atoms with Gasteiger partial charge in [0.2, 0.25) is 10.0 Å². The van der Waals surface area contributed by atoms with Crippen molar-refractivity contribution in [1.29, 1.82) is 0 Å². The predicted molar refractivity (Wildman–Crippen MR) is 112 cm³/mol. The van der Waals surface area contributed by atoms with Crippen LogP contribution >= 0.6 is 0 Å². The third kappa shape index (κ3) is 2.76. The fourth-order valence-electron chi connectivity index (χ4n) is 5.03. The molecule has 2 aromatic rings. The van der Waals surface area contributed by atoms with Gasteiger partial charge in [-0.25, -0.2) is 8.42 Å². The lowest BCUT2D eigenvalue weighted by Gasteiger charge is -2.21. The molecule has 0 unspecified atom stereocenters. The lowest BCUT2D eigenvalue weighted by molar-refractivity contribution is 0.0816. The van der Waals surface area contributed by atoms with Crippen LogP contribution in [0.5, 0.6) is 0 Å². The molecule has 0 radical (unpaired) electrons. The summed E-state index contributed by atoms with van der Waals surface area (Å²) in [6.45, 7) is 7.91. The van der Waals surface area contributed by atoms with Crippen LogP contribution < -0.4 is 0 Å². The number of rotatable bonds is 3. The first-order valence-electron chi connectivity index (χ1n) is 10.1. The fraction of sp³-hybridized carbons (Fsp3) is 0.435. The summed E-state index contributed by atoms with van der Waals surface area (Å²) >= 11 is 0. The zero-order chi connectivity index (χ0) is 20.7. The second kappa shape index (κ2) is 5.92. The average molecular weight is 411 g/mol. The summed E-state index contributed by atoms with van der Waals surface area (Å²) in [5, 5.41) is 0. The van der Waals surface area contributed by atoms with Gasteiger partial charge < -0.3 is 4.90 Å². The molecule has 3 aliphatic rings. The van der Waals surface area contributed by atoms with Crippen molar-refractivity contribution < 1.29 is 13.2 Å². The van der Waals surface area contributed by atoms with Crippen LogP contribution in [0.25, 0.3) is 11.1 Å². The maximum absolute atomic E-state index is 13.3. The number of piperidine rings is 1. The number of benzene rings is 2. The largest absolute Gasteiger partial charge is 0.337 e. The van der Waals surface area contributed by atoms with E-state index in [2.05, 4.69) is 13.0 Å². The van der Waals surface area contributed by atoms with E-state index in [-0.39, 0.29) is 11.3 Å². The van der Waals surface area contributed by atoms with E-state index >= 15 is 0 Å². The normalized spacial score (nSPS) is 26.0. The summed E-state index contributed by atoms with van der Waals surface area (Å²) < 4.78 is 28.2. The van der Waals surface area contributed by atoms with Gasteiger partial charge in [0.15, 0.2) is 0 Å². The molecule has 5 nitrogen and oxygen atoms in total. The van der Waals surface area contributed by atoms with Crippen LogP contribution in [0.1, 0.15) is 40.4 Å². The molecule has 1 saturated heterocycles. The van der Waals surface area contributed by atoms with E-state index < -0.39 is 10.0 Å². The van der Waals surface area contributed by atoms with Crippen LogP contribution in [0.2, 0.25) is 0 Å². The number of hydrogen-bond acceptors (Lipinski definition) is 3. The van der Waals surface area contributed by atoms with Crippen LogP contribution in [0.3, 0.4) is 0 Å². The minimum Gasteiger partial charge on any atom is -0.337 e. The summed E-state index contributed by atoms with van der Waals surface area (Å²) in [7, 11) is -1.67. The van der Waals surface area contributed by atoms with Gasteiger partial charge in [-0.3, -0.25) is 4.79 Å². The highest BCUT2D eigenvalue weighted by Gasteiger charge is 2.58. The third-order valence-electron chi connectivity index (χ3n) is 7.04. The summed E-state index contributed by atoms with van der Waals surface area (Å²) in [6, 6.07) is 9.69. The molecule has 2 fully saturated rings. The molecule has 2 aliphatic heterocycles. The number of sulfonamides is 1. The Morgan fingerprint density at radius 1 is 1.07 bits per heavy atom. The zero-order valence-corrected chi connectivity index (χ0v) is 18.1. The smallest absolute Gasteiger partial charge is 0.254 e. The van der Waals surface area contributed by atoms with Crippen LogP contribution in [-0.4, -0.2) is 43.7 Å². The average Bonchev–Trinajstić information content (AvgIpc) is 3.03. The van der Waals surface area contributed by atoms with Crippen LogP contribution in [0.15, 0.2) is 35.2 Å². The van der Waals surface area contributed by atoms with E-state index in [1.165, 1.54) is 0 Å². The van der Waals surface area contributed by atoms with Crippen LogP contribution in [0, 0.1) is 25.2 Å². The molecule has 2 atom stereocenters. The molecule has 0 bridgehead atoms. The van der Waals surface area contributed by atoms with E-state index in [0.29, 0.717) is 30.4 Å². The van der Waals surface area contributed by atoms with E-state index in [4.69, 9.17) is 0 Å². The van der Waals surface area contributed by atoms with Crippen molar-refractivity contribution in [2.45, 2.75) is 38.6 Å². The van der Waals surface area contributed by atoms with Crippen LogP contribution in [0.4, 0.5) is 0 Å². The lowest BCUT2D eigenvalue weighted by Crippen LogP contribution is -2.32. The molecule has 0 spiro atoms. The van der Waals surface area contributed by atoms with Gasteiger partial charge >= 0.3 is 0 Å². The molecule has 2 aromatic carbocycles. The first-order chi connectivity index (χ1) is 13.6. The van der Waals surface area contributed by atoms with Crippen molar-refractivity contribution >= 4 is 15.9 Å². The maximum Gasteiger partial charge on any atom is 0.254 e. The van der Waals surface area contributed by atoms with Gasteiger partial charge in [0.25, 0.3) is 5.91 Å². The molecule has 1 saturated carbocycles. The van der Waals surface area contributed by atoms with Gasteiger partial charge in [0, 0.05) is 32.2 Å². The Morgan fingerprint density at radius 3 is 2.52 bits per heavy atom. The van der Waals surface area contributed by atoms with E-state index in [1.54, 1.807) is 16.3 Å². The topological polar surface area (TPSA) is 57.7 Å². The molecular formula is C23H26N2O3S. The first-order valence-corrected chi connectivity index (χ1v) is 11.5. The Labute approximate surface area is 172 Å². The number of amides is 1. The maximum atomic E-state index is 13.3. The highest BCUT2D eigenvalue weighted by Crippen LogP contribution is 2.58. The number of aryl methyl sites for hydroxylation is 2. The Hall–Kier alpha value is -2.18. The third-order valence-corrected chi connectivity index (χ3v) is 8.99. The van der Waals surface area contributed by atoms with Gasteiger partial charge in [-0.1, -0.05) is 13.0 Å². The molecule has 152 valence electrons. The molecule has 0 N–H and O–H groups in total. The Bertz CT molecular complexity index is 1170. The van der Waals surface area contributed by atoms with Crippen molar-refractivity contribution in [3.05, 3.63) is 52.6 Å². The Balaban J connectivity index is 1.51. The summed E-state index contributed by atoms with van der Waals surface area (Å²) in [5.41, 5.74) is 5.70. The van der Waals surface area contributed by atoms with Crippen LogP contribution in [-0.2, 0) is 16.6 Å². The monoisotopic (exact) mass is 410 g/mol. The quantitative estimate of drug-likeness (QED) is 0.777. The van der Waals surface area contributed by atoms with E-state index in [9.17, 15) is 13.2 Å². The van der Waals surface area contributed by atoms with Crippen molar-refractivity contribution in [3.8, 4) is 11.1 Å². The lowest BCUT2D eigenvalue weighted by atomic mass is 9.95. The van der Waals surface area contributed by atoms with E-state index in [0.717, 1.165) is 39.8 Å². The second-order valence-electron chi connectivity index (χ2n) is 9.32. The summed E-state index contributed by atoms with van der Waals surface area (Å²) in [5.74, 6) is 0.573. The van der Waals surface area contributed by atoms with Gasteiger partial charge in [-0.05, 0) is 83.7 Å². The fourth-order valence-corrected chi connectivity index (χ4v) is 6.94. The summed E-state index contributed by atoms with van der Waals surface area (Å²) in [4.78, 5) is 14.3. The zero-order valence-electron chi connectivity index (χ0n) is 17.3. The Morgan fingerprint density at radius 2 is 1.83 bits per heavy atom. The molecule has 6 heteroatoms. The number of carbonyl (C=O) groups excluding carboxylic acids is 1. The molecule has 1 amide bonds. The van der Waals surface area contributed by atoms with Crippen molar-refractivity contribution in [1.82, 2.24) is 9.21 Å². The highest BCUT2D eigenvalue weighted by atomic mass is 32.2. The number of fused-ring (bicyclic) bond motifs is 2. The minimum absolute atomic E-state index is 0.0539. The number of carbonyl (C=O) groups is 1. The molecular weight excluding hydrogens is 384 g/mol. The molecule has 2 heterocycles. The highest BCUT2D eigenvalue weighted by molar-refractivity contribution is 7.89.